The Morgan fingerprint density at radius 2 is 1.77 bits per heavy atom. The molecular formula is C31H33N3O6. The monoisotopic (exact) mass is 543 g/mol. The molecule has 0 aliphatic heterocycles. The zero-order chi connectivity index (χ0) is 28.4. The number of aromatic nitrogens is 2. The first-order valence-electron chi connectivity index (χ1n) is 13.5. The number of nitrogens with one attached hydrogen (secondary N) is 1. The van der Waals surface area contributed by atoms with E-state index in [0.717, 1.165) is 24.6 Å². The second kappa shape index (κ2) is 11.5. The quantitative estimate of drug-likeness (QED) is 0.311. The van der Waals surface area contributed by atoms with E-state index >= 15 is 0 Å². The SMILES string of the molecule is COc1c(C(=O)NC2CCCC(CC(=O)CO)C2)n(C)c2c1c(=O)n(CC(=O)c1ccccc1)c1ccccc21. The Bertz CT molecular complexity index is 1650. The fraction of sp³-hybridized carbons (Fsp3) is 0.355. The maximum absolute atomic E-state index is 14.0. The van der Waals surface area contributed by atoms with Crippen molar-refractivity contribution in [1.29, 1.82) is 0 Å². The van der Waals surface area contributed by atoms with Gasteiger partial charge in [0, 0.05) is 30.5 Å². The molecule has 2 atom stereocenters. The van der Waals surface area contributed by atoms with Gasteiger partial charge in [-0.05, 0) is 31.2 Å². The van der Waals surface area contributed by atoms with Crippen LogP contribution in [0.15, 0.2) is 59.4 Å². The molecule has 1 saturated carbocycles. The minimum absolute atomic E-state index is 0.103. The van der Waals surface area contributed by atoms with Crippen LogP contribution in [0.1, 0.15) is 53.0 Å². The molecule has 0 spiro atoms. The average Bonchev–Trinajstić information content (AvgIpc) is 3.28. The highest BCUT2D eigenvalue weighted by atomic mass is 16.5. The fourth-order valence-corrected chi connectivity index (χ4v) is 6.04. The first-order chi connectivity index (χ1) is 19.3. The van der Waals surface area contributed by atoms with Gasteiger partial charge in [-0.25, -0.2) is 0 Å². The molecule has 1 aliphatic carbocycles. The van der Waals surface area contributed by atoms with E-state index in [1.54, 1.807) is 41.9 Å². The van der Waals surface area contributed by atoms with Gasteiger partial charge >= 0.3 is 0 Å². The molecule has 208 valence electrons. The van der Waals surface area contributed by atoms with Gasteiger partial charge in [-0.2, -0.15) is 0 Å². The lowest BCUT2D eigenvalue weighted by Gasteiger charge is -2.29. The van der Waals surface area contributed by atoms with Crippen LogP contribution in [0.4, 0.5) is 0 Å². The average molecular weight is 544 g/mol. The summed E-state index contributed by atoms with van der Waals surface area (Å²) in [6.07, 6.45) is 3.46. The van der Waals surface area contributed by atoms with Crippen molar-refractivity contribution >= 4 is 39.3 Å². The predicted molar refractivity (Wildman–Crippen MR) is 152 cm³/mol. The third-order valence-corrected chi connectivity index (χ3v) is 7.89. The van der Waals surface area contributed by atoms with Gasteiger partial charge in [-0.1, -0.05) is 55.0 Å². The number of ether oxygens (including phenoxy) is 1. The van der Waals surface area contributed by atoms with E-state index in [2.05, 4.69) is 5.32 Å². The molecule has 0 saturated heterocycles. The second-order valence-electron chi connectivity index (χ2n) is 10.5. The highest BCUT2D eigenvalue weighted by Crippen LogP contribution is 2.35. The van der Waals surface area contributed by atoms with Crippen LogP contribution < -0.4 is 15.6 Å². The number of para-hydroxylation sites is 1. The Hall–Kier alpha value is -4.24. The molecule has 5 rings (SSSR count). The summed E-state index contributed by atoms with van der Waals surface area (Å²) in [6, 6.07) is 16.0. The van der Waals surface area contributed by atoms with Crippen molar-refractivity contribution in [1.82, 2.24) is 14.5 Å². The Balaban J connectivity index is 1.56. The van der Waals surface area contributed by atoms with E-state index in [1.165, 1.54) is 11.7 Å². The first kappa shape index (κ1) is 27.3. The van der Waals surface area contributed by atoms with Gasteiger partial charge in [-0.3, -0.25) is 23.7 Å². The van der Waals surface area contributed by atoms with Gasteiger partial charge in [0.25, 0.3) is 11.5 Å². The van der Waals surface area contributed by atoms with Crippen LogP contribution >= 0.6 is 0 Å². The van der Waals surface area contributed by atoms with Gasteiger partial charge in [-0.15, -0.1) is 0 Å². The van der Waals surface area contributed by atoms with Gasteiger partial charge in [0.2, 0.25) is 0 Å². The third kappa shape index (κ3) is 5.04. The van der Waals surface area contributed by atoms with Gasteiger partial charge in [0.15, 0.2) is 23.0 Å². The summed E-state index contributed by atoms with van der Waals surface area (Å²) in [6.45, 7) is -0.627. The van der Waals surface area contributed by atoms with Crippen LogP contribution in [0.2, 0.25) is 0 Å². The smallest absolute Gasteiger partial charge is 0.272 e. The topological polar surface area (TPSA) is 120 Å². The Kier molecular flexibility index (Phi) is 7.84. The second-order valence-corrected chi connectivity index (χ2v) is 10.5. The van der Waals surface area contributed by atoms with Crippen LogP contribution in [0.25, 0.3) is 21.8 Å². The molecule has 1 fully saturated rings. The van der Waals surface area contributed by atoms with E-state index in [0.29, 0.717) is 29.4 Å². The molecule has 2 unspecified atom stereocenters. The van der Waals surface area contributed by atoms with E-state index in [1.807, 2.05) is 24.3 Å². The van der Waals surface area contributed by atoms with Crippen LogP contribution in [0.5, 0.6) is 5.75 Å². The standard InChI is InChI=1S/C31H33N3O6/c1-33-27-23-13-6-7-14-24(23)34(17-25(37)20-10-4-3-5-11-20)31(39)26(27)29(40-2)28(33)30(38)32-21-12-8-9-19(15-21)16-22(36)18-35/h3-7,10-11,13-14,19,21,35H,8-9,12,15-18H2,1-2H3,(H,32,38). The molecule has 40 heavy (non-hydrogen) atoms. The zero-order valence-corrected chi connectivity index (χ0v) is 22.7. The van der Waals surface area contributed by atoms with Crippen molar-refractivity contribution < 1.29 is 24.2 Å². The van der Waals surface area contributed by atoms with E-state index in [9.17, 15) is 19.2 Å². The predicted octanol–water partition coefficient (Wildman–Crippen LogP) is 3.62. The lowest BCUT2D eigenvalue weighted by atomic mass is 9.83. The Morgan fingerprint density at radius 3 is 2.50 bits per heavy atom. The van der Waals surface area contributed by atoms with Crippen molar-refractivity contribution in [3.8, 4) is 5.75 Å². The van der Waals surface area contributed by atoms with E-state index in [4.69, 9.17) is 9.84 Å². The van der Waals surface area contributed by atoms with Crippen molar-refractivity contribution in [3.63, 3.8) is 0 Å². The van der Waals surface area contributed by atoms with Crippen LogP contribution in [0, 0.1) is 5.92 Å². The summed E-state index contributed by atoms with van der Waals surface area (Å²) in [5.41, 5.74) is 1.46. The molecule has 2 heterocycles. The number of hydrogen-bond acceptors (Lipinski definition) is 6. The van der Waals surface area contributed by atoms with Crippen molar-refractivity contribution in [2.75, 3.05) is 13.7 Å². The van der Waals surface area contributed by atoms with Crippen LogP contribution in [-0.4, -0.2) is 51.5 Å². The lowest BCUT2D eigenvalue weighted by Crippen LogP contribution is -2.39. The molecule has 9 nitrogen and oxygen atoms in total. The maximum atomic E-state index is 14.0. The molecule has 1 aliphatic rings. The Morgan fingerprint density at radius 1 is 1.05 bits per heavy atom. The molecule has 2 aromatic heterocycles. The normalized spacial score (nSPS) is 17.2. The van der Waals surface area contributed by atoms with Crippen molar-refractivity contribution in [3.05, 3.63) is 76.2 Å². The number of benzene rings is 2. The highest BCUT2D eigenvalue weighted by Gasteiger charge is 2.30. The fourth-order valence-electron chi connectivity index (χ4n) is 6.04. The number of carbonyl (C=O) groups excluding carboxylic acids is 3. The van der Waals surface area contributed by atoms with Gasteiger partial charge in [0.05, 0.1) is 24.7 Å². The number of carbonyl (C=O) groups is 3. The number of aliphatic hydroxyl groups is 1. The minimum Gasteiger partial charge on any atom is -0.493 e. The number of pyridine rings is 1. The molecule has 1 amide bonds. The molecule has 2 aromatic carbocycles. The lowest BCUT2D eigenvalue weighted by molar-refractivity contribution is -0.122. The number of ketones is 2. The zero-order valence-electron chi connectivity index (χ0n) is 22.7. The molecule has 9 heteroatoms. The van der Waals surface area contributed by atoms with Gasteiger partial charge in [0.1, 0.15) is 12.0 Å². The number of fused-ring (bicyclic) bond motifs is 3. The summed E-state index contributed by atoms with van der Waals surface area (Å²) in [5.74, 6) is -0.501. The van der Waals surface area contributed by atoms with E-state index in [-0.39, 0.29) is 52.8 Å². The summed E-state index contributed by atoms with van der Waals surface area (Å²) in [7, 11) is 3.16. The maximum Gasteiger partial charge on any atom is 0.272 e. The number of aliphatic hydroxyl groups excluding tert-OH is 1. The molecule has 0 radical (unpaired) electrons. The largest absolute Gasteiger partial charge is 0.493 e. The first-order valence-corrected chi connectivity index (χ1v) is 13.5. The molecular weight excluding hydrogens is 510 g/mol. The number of aryl methyl sites for hydroxylation is 1. The number of hydrogen-bond donors (Lipinski definition) is 2. The summed E-state index contributed by atoms with van der Waals surface area (Å²) in [4.78, 5) is 52.5. The third-order valence-electron chi connectivity index (χ3n) is 7.89. The number of amides is 1. The van der Waals surface area contributed by atoms with Crippen molar-refractivity contribution in [2.24, 2.45) is 13.0 Å². The van der Waals surface area contributed by atoms with Crippen LogP contribution in [-0.2, 0) is 18.4 Å². The number of Topliss-reactive ketones (excluding diaryl/α,β-unsaturated/α-hetero) is 2. The van der Waals surface area contributed by atoms with Crippen molar-refractivity contribution in [2.45, 2.75) is 44.7 Å². The van der Waals surface area contributed by atoms with Crippen LogP contribution in [0.3, 0.4) is 0 Å². The molecule has 4 aromatic rings. The number of nitrogens with zero attached hydrogens (tertiary/aromatic N) is 2. The van der Waals surface area contributed by atoms with E-state index < -0.39 is 12.2 Å². The van der Waals surface area contributed by atoms with Gasteiger partial charge < -0.3 is 19.7 Å². The summed E-state index contributed by atoms with van der Waals surface area (Å²) < 4.78 is 8.83. The Labute approximate surface area is 231 Å². The highest BCUT2D eigenvalue weighted by molar-refractivity contribution is 6.12. The molecule has 0 bridgehead atoms. The number of rotatable bonds is 9. The summed E-state index contributed by atoms with van der Waals surface area (Å²) >= 11 is 0. The summed E-state index contributed by atoms with van der Waals surface area (Å²) in [5, 5.41) is 13.2. The molecule has 2 N–H and O–H groups in total. The minimum atomic E-state index is -0.469. The number of methoxy groups -OCH3 is 1.